The molecule has 162 valence electrons. The molecule has 0 radical (unpaired) electrons. The number of benzene rings is 3. The molecule has 3 aromatic carbocycles. The summed E-state index contributed by atoms with van der Waals surface area (Å²) in [7, 11) is 0. The van der Waals surface area contributed by atoms with Crippen molar-refractivity contribution >= 4 is 24.1 Å². The van der Waals surface area contributed by atoms with Gasteiger partial charge in [-0.15, -0.1) is 0 Å². The van der Waals surface area contributed by atoms with E-state index in [-0.39, 0.29) is 0 Å². The summed E-state index contributed by atoms with van der Waals surface area (Å²) < 4.78 is 29.7. The Morgan fingerprint density at radius 3 is 1.50 bits per heavy atom. The molecule has 0 fully saturated rings. The second kappa shape index (κ2) is 11.0. The van der Waals surface area contributed by atoms with Gasteiger partial charge in [0.25, 0.3) is 0 Å². The number of aliphatic hydroxyl groups is 1. The quantitative estimate of drug-likeness (QED) is 0.485. The Balaban J connectivity index is 1.84. The molecule has 0 aliphatic heterocycles. The van der Waals surface area contributed by atoms with E-state index >= 15 is 0 Å². The van der Waals surface area contributed by atoms with Gasteiger partial charge in [-0.05, 0) is 34.9 Å². The van der Waals surface area contributed by atoms with E-state index in [0.29, 0.717) is 5.56 Å². The Labute approximate surface area is 186 Å². The van der Waals surface area contributed by atoms with Crippen LogP contribution in [0.4, 0.5) is 8.78 Å². The predicted molar refractivity (Wildman–Crippen MR) is 124 cm³/mol. The fourth-order valence-corrected chi connectivity index (χ4v) is 2.83. The lowest BCUT2D eigenvalue weighted by Gasteiger charge is -2.24. The van der Waals surface area contributed by atoms with Crippen LogP contribution in [0.15, 0.2) is 109 Å². The minimum atomic E-state index is -4.03. The third kappa shape index (κ3) is 6.33. The molecular weight excluding hydrogens is 408 g/mol. The highest BCUT2D eigenvalue weighted by Crippen LogP contribution is 2.25. The van der Waals surface area contributed by atoms with Crippen LogP contribution < -0.4 is 0 Å². The monoisotopic (exact) mass is 431 g/mol. The van der Waals surface area contributed by atoms with E-state index in [1.54, 1.807) is 91.0 Å². The minimum Gasteiger partial charge on any atom is -0.382 e. The lowest BCUT2D eigenvalue weighted by Crippen LogP contribution is -2.46. The van der Waals surface area contributed by atoms with Crippen molar-refractivity contribution in [1.29, 1.82) is 0 Å². The molecule has 0 bridgehead atoms. The highest BCUT2D eigenvalue weighted by Gasteiger charge is 2.47. The van der Waals surface area contributed by atoms with Crippen molar-refractivity contribution in [3.8, 4) is 0 Å². The van der Waals surface area contributed by atoms with Crippen molar-refractivity contribution in [3.63, 3.8) is 0 Å². The van der Waals surface area contributed by atoms with Crippen molar-refractivity contribution < 1.29 is 18.7 Å². The largest absolute Gasteiger partial charge is 0.382 e. The number of hydrogen-bond acceptors (Lipinski definition) is 2. The lowest BCUT2D eigenvalue weighted by molar-refractivity contribution is -0.164. The molecule has 1 unspecified atom stereocenters. The summed E-state index contributed by atoms with van der Waals surface area (Å²) >= 11 is 0. The highest BCUT2D eigenvalue weighted by molar-refractivity contribution is 5.87. The molecule has 1 atom stereocenters. The number of halogens is 2. The molecule has 0 aliphatic rings. The van der Waals surface area contributed by atoms with Crippen molar-refractivity contribution in [1.82, 2.24) is 4.90 Å². The van der Waals surface area contributed by atoms with E-state index in [9.17, 15) is 18.7 Å². The summed E-state index contributed by atoms with van der Waals surface area (Å²) in [6.45, 7) is 0. The first kappa shape index (κ1) is 22.8. The van der Waals surface area contributed by atoms with Crippen LogP contribution in [0, 0.1) is 0 Å². The number of rotatable bonds is 8. The Hall–Kier alpha value is -3.83. The molecule has 1 N–H and O–H groups in total. The van der Waals surface area contributed by atoms with Gasteiger partial charge in [0.15, 0.2) is 0 Å². The van der Waals surface area contributed by atoms with Gasteiger partial charge >= 0.3 is 11.8 Å². The molecule has 3 rings (SSSR count). The molecule has 5 heteroatoms. The summed E-state index contributed by atoms with van der Waals surface area (Å²) in [5, 5.41) is 10.1. The van der Waals surface area contributed by atoms with Gasteiger partial charge in [0.2, 0.25) is 0 Å². The average molecular weight is 431 g/mol. The molecule has 0 heterocycles. The van der Waals surface area contributed by atoms with Gasteiger partial charge in [-0.2, -0.15) is 8.78 Å². The number of aliphatic hydroxyl groups excluding tert-OH is 1. The summed E-state index contributed by atoms with van der Waals surface area (Å²) in [4.78, 5) is 13.5. The van der Waals surface area contributed by atoms with E-state index in [1.165, 1.54) is 18.5 Å². The zero-order chi connectivity index (χ0) is 22.8. The van der Waals surface area contributed by atoms with Crippen molar-refractivity contribution in [2.24, 2.45) is 0 Å². The molecule has 0 spiro atoms. The van der Waals surface area contributed by atoms with E-state index in [1.807, 2.05) is 12.1 Å². The molecule has 0 aromatic heterocycles. The molecule has 3 aromatic rings. The smallest absolute Gasteiger partial charge is 0.354 e. The number of amides is 1. The van der Waals surface area contributed by atoms with Gasteiger partial charge in [-0.1, -0.05) is 97.1 Å². The van der Waals surface area contributed by atoms with Gasteiger partial charge in [0.05, 0.1) is 0 Å². The Morgan fingerprint density at radius 1 is 0.719 bits per heavy atom. The number of carbonyl (C=O) groups excluding carboxylic acids is 1. The van der Waals surface area contributed by atoms with E-state index in [4.69, 9.17) is 0 Å². The first-order valence-corrected chi connectivity index (χ1v) is 10.1. The maximum absolute atomic E-state index is 14.9. The normalized spacial score (nSPS) is 13.1. The van der Waals surface area contributed by atoms with E-state index < -0.39 is 17.9 Å². The maximum atomic E-state index is 14.9. The molecule has 0 aliphatic carbocycles. The first-order chi connectivity index (χ1) is 15.5. The van der Waals surface area contributed by atoms with Crippen LogP contribution in [0.25, 0.3) is 18.2 Å². The molecule has 0 saturated heterocycles. The fraction of sp³-hybridized carbons (Fsp3) is 0.0741. The number of hydrogen-bond donors (Lipinski definition) is 1. The highest BCUT2D eigenvalue weighted by atomic mass is 19.3. The number of carbonyl (C=O) groups is 1. The van der Waals surface area contributed by atoms with Crippen LogP contribution in [0.2, 0.25) is 0 Å². The standard InChI is InChI=1S/C27H23F2NO2/c28-27(29,25(31)17-16-22-10-4-1-5-11-22)26(32)30(20-18-23-12-6-2-7-13-23)21-19-24-14-8-3-9-15-24/h1-21,25,31H/b17-16+,20-18+,21-19+. The van der Waals surface area contributed by atoms with Gasteiger partial charge in [0.1, 0.15) is 6.10 Å². The van der Waals surface area contributed by atoms with E-state index in [0.717, 1.165) is 22.1 Å². The average Bonchev–Trinajstić information content (AvgIpc) is 2.84. The summed E-state index contributed by atoms with van der Waals surface area (Å²) in [6.07, 6.45) is 5.62. The zero-order valence-corrected chi connectivity index (χ0v) is 17.3. The second-order valence-corrected chi connectivity index (χ2v) is 7.00. The summed E-state index contributed by atoms with van der Waals surface area (Å²) in [6, 6.07) is 26.7. The van der Waals surface area contributed by atoms with Crippen LogP contribution in [-0.4, -0.2) is 27.9 Å². The summed E-state index contributed by atoms with van der Waals surface area (Å²) in [5.41, 5.74) is 2.12. The zero-order valence-electron chi connectivity index (χ0n) is 17.3. The van der Waals surface area contributed by atoms with Crippen LogP contribution in [0.3, 0.4) is 0 Å². The third-order valence-electron chi connectivity index (χ3n) is 4.62. The van der Waals surface area contributed by atoms with Crippen molar-refractivity contribution in [2.45, 2.75) is 12.0 Å². The summed E-state index contributed by atoms with van der Waals surface area (Å²) in [5.74, 6) is -5.57. The number of nitrogens with zero attached hydrogens (tertiary/aromatic N) is 1. The molecule has 32 heavy (non-hydrogen) atoms. The van der Waals surface area contributed by atoms with Gasteiger partial charge < -0.3 is 5.11 Å². The van der Waals surface area contributed by atoms with Crippen LogP contribution in [0.5, 0.6) is 0 Å². The lowest BCUT2D eigenvalue weighted by atomic mass is 10.1. The van der Waals surface area contributed by atoms with Crippen LogP contribution in [-0.2, 0) is 4.79 Å². The Kier molecular flexibility index (Phi) is 7.84. The first-order valence-electron chi connectivity index (χ1n) is 10.1. The van der Waals surface area contributed by atoms with E-state index in [2.05, 4.69) is 0 Å². The SMILES string of the molecule is O=C(N(/C=C/c1ccccc1)/C=C/c1ccccc1)C(F)(F)C(O)/C=C/c1ccccc1. The van der Waals surface area contributed by atoms with Gasteiger partial charge in [-0.3, -0.25) is 9.69 Å². The molecular formula is C27H23F2NO2. The number of alkyl halides is 2. The molecule has 0 saturated carbocycles. The van der Waals surface area contributed by atoms with Crippen molar-refractivity contribution in [2.75, 3.05) is 0 Å². The van der Waals surface area contributed by atoms with Gasteiger partial charge in [0, 0.05) is 12.4 Å². The van der Waals surface area contributed by atoms with Crippen molar-refractivity contribution in [3.05, 3.63) is 126 Å². The predicted octanol–water partition coefficient (Wildman–Crippen LogP) is 5.87. The van der Waals surface area contributed by atoms with Gasteiger partial charge in [-0.25, -0.2) is 0 Å². The third-order valence-corrected chi connectivity index (χ3v) is 4.62. The second-order valence-electron chi connectivity index (χ2n) is 7.00. The maximum Gasteiger partial charge on any atom is 0.354 e. The van der Waals surface area contributed by atoms with Crippen LogP contribution in [0.1, 0.15) is 16.7 Å². The minimum absolute atomic E-state index is 0.639. The Bertz CT molecular complexity index is 1030. The fourth-order valence-electron chi connectivity index (χ4n) is 2.83. The Morgan fingerprint density at radius 2 is 1.09 bits per heavy atom. The topological polar surface area (TPSA) is 40.5 Å². The molecule has 1 amide bonds. The molecule has 3 nitrogen and oxygen atoms in total. The van der Waals surface area contributed by atoms with Crippen LogP contribution >= 0.6 is 0 Å².